The summed E-state index contributed by atoms with van der Waals surface area (Å²) >= 11 is 0. The zero-order valence-electron chi connectivity index (χ0n) is 23.3. The molecule has 2 aliphatic carbocycles. The molecule has 4 atom stereocenters. The number of aliphatic hydroxyl groups is 1. The lowest BCUT2D eigenvalue weighted by Gasteiger charge is -2.55. The van der Waals surface area contributed by atoms with E-state index in [4.69, 9.17) is 0 Å². The second-order valence-corrected chi connectivity index (χ2v) is 11.9. The average Bonchev–Trinajstić information content (AvgIpc) is 3.72. The van der Waals surface area contributed by atoms with Gasteiger partial charge in [-0.05, 0) is 100 Å². The van der Waals surface area contributed by atoms with Crippen molar-refractivity contribution < 1.29 is 24.9 Å². The number of aromatic hydroxyl groups is 2. The van der Waals surface area contributed by atoms with Crippen LogP contribution in [-0.4, -0.2) is 67.7 Å². The number of carbonyl (C=O) groups excluding carboxylic acids is 2. The number of rotatable bonds is 9. The Morgan fingerprint density at radius 1 is 1.07 bits per heavy atom. The zero-order valence-corrected chi connectivity index (χ0v) is 23.3. The predicted molar refractivity (Wildman–Crippen MR) is 154 cm³/mol. The topological polar surface area (TPSA) is 101 Å². The van der Waals surface area contributed by atoms with Crippen LogP contribution in [-0.2, 0) is 16.0 Å². The van der Waals surface area contributed by atoms with Gasteiger partial charge in [0.15, 0.2) is 11.5 Å². The molecule has 40 heavy (non-hydrogen) atoms. The Kier molecular flexibility index (Phi) is 7.89. The molecule has 5 rings (SSSR count). The molecule has 1 saturated heterocycles. The molecule has 1 aromatic carbocycles. The number of hydrogen-bond donors (Lipinski definition) is 3. The first-order valence-electron chi connectivity index (χ1n) is 14.4. The van der Waals surface area contributed by atoms with Gasteiger partial charge in [0.05, 0.1) is 16.7 Å². The minimum absolute atomic E-state index is 0.0697. The minimum Gasteiger partial charge on any atom is -0.504 e. The van der Waals surface area contributed by atoms with E-state index in [1.807, 2.05) is 6.92 Å². The Morgan fingerprint density at radius 2 is 1.82 bits per heavy atom. The number of piperidine rings is 1. The van der Waals surface area contributed by atoms with E-state index in [1.54, 1.807) is 42.5 Å². The van der Waals surface area contributed by atoms with Crippen molar-refractivity contribution in [3.63, 3.8) is 0 Å². The SMILES string of the molecule is C=C/C=C/C1=C(/C=C(\C)C=C)C(=O)N(C2CCC3(O)C(CCN(CC4CC4)[C@@H]3Cc3ccc(O)c(O)c3)C2)C1=O. The van der Waals surface area contributed by atoms with Gasteiger partial charge in [0.25, 0.3) is 11.8 Å². The highest BCUT2D eigenvalue weighted by atomic mass is 16.3. The van der Waals surface area contributed by atoms with Gasteiger partial charge in [-0.15, -0.1) is 0 Å². The van der Waals surface area contributed by atoms with Crippen molar-refractivity contribution in [2.45, 2.75) is 69.6 Å². The third-order valence-corrected chi connectivity index (χ3v) is 9.23. The maximum absolute atomic E-state index is 13.6. The molecule has 1 aromatic rings. The summed E-state index contributed by atoms with van der Waals surface area (Å²) < 4.78 is 0. The van der Waals surface area contributed by atoms with Crippen LogP contribution >= 0.6 is 0 Å². The van der Waals surface area contributed by atoms with Crippen LogP contribution < -0.4 is 0 Å². The summed E-state index contributed by atoms with van der Waals surface area (Å²) in [7, 11) is 0. The minimum atomic E-state index is -0.982. The van der Waals surface area contributed by atoms with Crippen LogP contribution in [0, 0.1) is 11.8 Å². The second kappa shape index (κ2) is 11.2. The number of allylic oxidation sites excluding steroid dienone is 4. The molecule has 7 heteroatoms. The van der Waals surface area contributed by atoms with E-state index in [2.05, 4.69) is 18.1 Å². The van der Waals surface area contributed by atoms with E-state index in [-0.39, 0.29) is 41.3 Å². The Bertz CT molecular complexity index is 1310. The lowest BCUT2D eigenvalue weighted by Crippen LogP contribution is -2.65. The average molecular weight is 545 g/mol. The molecule has 2 saturated carbocycles. The van der Waals surface area contributed by atoms with E-state index >= 15 is 0 Å². The fourth-order valence-corrected chi connectivity index (χ4v) is 6.83. The molecule has 2 amide bonds. The van der Waals surface area contributed by atoms with E-state index in [0.717, 1.165) is 30.6 Å². The van der Waals surface area contributed by atoms with Gasteiger partial charge < -0.3 is 15.3 Å². The molecule has 7 nitrogen and oxygen atoms in total. The molecule has 212 valence electrons. The van der Waals surface area contributed by atoms with Crippen LogP contribution in [0.25, 0.3) is 0 Å². The number of benzene rings is 1. The summed E-state index contributed by atoms with van der Waals surface area (Å²) in [5.41, 5.74) is 1.40. The molecular formula is C33H40N2O5. The predicted octanol–water partition coefficient (Wildman–Crippen LogP) is 4.56. The number of likely N-dealkylation sites (tertiary alicyclic amines) is 1. The van der Waals surface area contributed by atoms with E-state index in [1.165, 1.54) is 23.8 Å². The molecule has 0 bridgehead atoms. The van der Waals surface area contributed by atoms with Gasteiger partial charge >= 0.3 is 0 Å². The van der Waals surface area contributed by atoms with Crippen molar-refractivity contribution in [1.82, 2.24) is 9.80 Å². The van der Waals surface area contributed by atoms with Gasteiger partial charge in [0.1, 0.15) is 0 Å². The van der Waals surface area contributed by atoms with Crippen molar-refractivity contribution in [3.05, 3.63) is 84.0 Å². The molecule has 4 aliphatic rings. The number of amides is 2. The number of nitrogens with zero attached hydrogens (tertiary/aromatic N) is 2. The largest absolute Gasteiger partial charge is 0.504 e. The fraction of sp³-hybridized carbons (Fsp3) is 0.455. The summed E-state index contributed by atoms with van der Waals surface area (Å²) in [5, 5.41) is 32.2. The number of fused-ring (bicyclic) bond motifs is 1. The van der Waals surface area contributed by atoms with E-state index < -0.39 is 5.60 Å². The van der Waals surface area contributed by atoms with Crippen molar-refractivity contribution >= 4 is 11.8 Å². The summed E-state index contributed by atoms with van der Waals surface area (Å²) in [5.74, 6) is -0.333. The van der Waals surface area contributed by atoms with Crippen LogP contribution in [0.15, 0.2) is 78.5 Å². The van der Waals surface area contributed by atoms with Crippen LogP contribution in [0.3, 0.4) is 0 Å². The molecule has 2 heterocycles. The Balaban J connectivity index is 1.40. The first-order chi connectivity index (χ1) is 19.2. The van der Waals surface area contributed by atoms with E-state index in [0.29, 0.717) is 42.7 Å². The lowest BCUT2D eigenvalue weighted by molar-refractivity contribution is -0.161. The number of phenols is 2. The van der Waals surface area contributed by atoms with Crippen molar-refractivity contribution in [2.24, 2.45) is 11.8 Å². The first-order valence-corrected chi connectivity index (χ1v) is 14.4. The molecule has 3 fully saturated rings. The fourth-order valence-electron chi connectivity index (χ4n) is 6.83. The highest BCUT2D eigenvalue weighted by molar-refractivity contribution is 6.22. The maximum atomic E-state index is 13.6. The first kappa shape index (κ1) is 28.1. The number of carbonyl (C=O) groups is 2. The van der Waals surface area contributed by atoms with Crippen molar-refractivity contribution in [3.8, 4) is 11.5 Å². The van der Waals surface area contributed by atoms with Gasteiger partial charge in [-0.2, -0.15) is 0 Å². The third-order valence-electron chi connectivity index (χ3n) is 9.23. The third kappa shape index (κ3) is 5.32. The maximum Gasteiger partial charge on any atom is 0.261 e. The molecule has 0 spiro atoms. The van der Waals surface area contributed by atoms with E-state index in [9.17, 15) is 24.9 Å². The zero-order chi connectivity index (χ0) is 28.6. The monoisotopic (exact) mass is 544 g/mol. The summed E-state index contributed by atoms with van der Waals surface area (Å²) in [6.07, 6.45) is 13.6. The van der Waals surface area contributed by atoms with Gasteiger partial charge in [-0.25, -0.2) is 0 Å². The normalized spacial score (nSPS) is 29.8. The van der Waals surface area contributed by atoms with Gasteiger partial charge in [0.2, 0.25) is 0 Å². The molecular weight excluding hydrogens is 504 g/mol. The summed E-state index contributed by atoms with van der Waals surface area (Å²) in [4.78, 5) is 31.0. The highest BCUT2D eigenvalue weighted by Crippen LogP contribution is 2.47. The Labute approximate surface area is 236 Å². The van der Waals surface area contributed by atoms with Gasteiger partial charge in [-0.1, -0.05) is 43.0 Å². The lowest BCUT2D eigenvalue weighted by atomic mass is 9.64. The molecule has 0 radical (unpaired) electrons. The van der Waals surface area contributed by atoms with Gasteiger partial charge in [-0.3, -0.25) is 19.4 Å². The van der Waals surface area contributed by atoms with Crippen LogP contribution in [0.2, 0.25) is 0 Å². The van der Waals surface area contributed by atoms with Crippen molar-refractivity contribution in [1.29, 1.82) is 0 Å². The number of imide groups is 1. The standard InChI is InChI=1S/C33H40N2O5/c1-4-6-7-26-27(16-21(3)5-2)32(39)35(31(26)38)25-12-14-33(40)24(19-25)13-15-34(20-22-8-9-22)30(33)18-23-10-11-28(36)29(37)17-23/h4-7,10-11,16-17,22,24-25,30,36-37,40H,1-2,8-9,12-15,18-20H2,3H3/b7-6+,21-16+/t24?,25?,30-,33?/m1/s1. The number of phenolic OH excluding ortho intramolecular Hbond substituents is 2. The molecule has 2 aliphatic heterocycles. The smallest absolute Gasteiger partial charge is 0.261 e. The molecule has 3 unspecified atom stereocenters. The van der Waals surface area contributed by atoms with Crippen molar-refractivity contribution in [2.75, 3.05) is 13.1 Å². The summed E-state index contributed by atoms with van der Waals surface area (Å²) in [6.45, 7) is 11.1. The quantitative estimate of drug-likeness (QED) is 0.239. The molecule has 3 N–H and O–H groups in total. The highest BCUT2D eigenvalue weighted by Gasteiger charge is 2.54. The van der Waals surface area contributed by atoms with Crippen LogP contribution in [0.4, 0.5) is 0 Å². The Morgan fingerprint density at radius 3 is 2.50 bits per heavy atom. The summed E-state index contributed by atoms with van der Waals surface area (Å²) in [6, 6.07) is 4.43. The van der Waals surface area contributed by atoms with Crippen LogP contribution in [0.1, 0.15) is 51.0 Å². The molecule has 0 aromatic heterocycles. The Hall–Kier alpha value is -3.42. The second-order valence-electron chi connectivity index (χ2n) is 11.9. The van der Waals surface area contributed by atoms with Crippen LogP contribution in [0.5, 0.6) is 11.5 Å². The number of hydrogen-bond acceptors (Lipinski definition) is 6. The van der Waals surface area contributed by atoms with Gasteiger partial charge in [0, 0.05) is 18.6 Å².